The van der Waals surface area contributed by atoms with Crippen LogP contribution in [0.3, 0.4) is 0 Å². The first-order chi connectivity index (χ1) is 8.75. The van der Waals surface area contributed by atoms with Gasteiger partial charge in [-0.15, -0.1) is 0 Å². The fourth-order valence-electron chi connectivity index (χ4n) is 1.96. The second-order valence-corrected chi connectivity index (χ2v) is 5.47. The van der Waals surface area contributed by atoms with Gasteiger partial charge < -0.3 is 10.7 Å². The molecule has 1 fully saturated rings. The van der Waals surface area contributed by atoms with Crippen molar-refractivity contribution >= 4 is 23.4 Å². The van der Waals surface area contributed by atoms with Gasteiger partial charge in [0, 0.05) is 12.1 Å². The molecule has 0 bridgehead atoms. The van der Waals surface area contributed by atoms with E-state index in [2.05, 4.69) is 27.6 Å². The molecule has 6 heteroatoms. The lowest BCUT2D eigenvalue weighted by atomic mass is 10.1. The van der Waals surface area contributed by atoms with E-state index in [1.165, 1.54) is 31.0 Å². The van der Waals surface area contributed by atoms with Gasteiger partial charge in [0.25, 0.3) is 0 Å². The zero-order valence-corrected chi connectivity index (χ0v) is 11.8. The lowest BCUT2D eigenvalue weighted by Crippen LogP contribution is -2.20. The highest BCUT2D eigenvalue weighted by Crippen LogP contribution is 2.34. The van der Waals surface area contributed by atoms with E-state index in [9.17, 15) is 0 Å². The zero-order valence-electron chi connectivity index (χ0n) is 10.9. The first-order valence-electron chi connectivity index (χ1n) is 6.41. The molecule has 1 aromatic rings. The molecule has 18 heavy (non-hydrogen) atoms. The molecule has 1 heterocycles. The Balaban J connectivity index is 2.05. The minimum Gasteiger partial charge on any atom is -0.367 e. The van der Waals surface area contributed by atoms with Gasteiger partial charge in [0.2, 0.25) is 0 Å². The molecule has 0 spiro atoms. The standard InChI is InChI=1S/C12H21N5S/c1-3-9(6-8-4-5-8)14-10-7-11(17-13)16-12(15-10)18-2/h7-9H,3-6,13H2,1-2H3,(H2,14,15,16,17). The summed E-state index contributed by atoms with van der Waals surface area (Å²) in [7, 11) is 0. The predicted molar refractivity (Wildman–Crippen MR) is 76.7 cm³/mol. The van der Waals surface area contributed by atoms with Gasteiger partial charge in [-0.2, -0.15) is 0 Å². The Bertz CT molecular complexity index is 372. The first kappa shape index (κ1) is 13.4. The summed E-state index contributed by atoms with van der Waals surface area (Å²) in [4.78, 5) is 8.71. The normalized spacial score (nSPS) is 16.4. The number of aromatic nitrogens is 2. The Hall–Kier alpha value is -1.01. The number of hydrogen-bond acceptors (Lipinski definition) is 6. The molecule has 5 nitrogen and oxygen atoms in total. The molecule has 0 amide bonds. The molecule has 1 unspecified atom stereocenters. The van der Waals surface area contributed by atoms with Crippen molar-refractivity contribution in [3.05, 3.63) is 6.07 Å². The number of rotatable bonds is 7. The summed E-state index contributed by atoms with van der Waals surface area (Å²) in [6.07, 6.45) is 7.07. The van der Waals surface area contributed by atoms with E-state index in [-0.39, 0.29) is 0 Å². The number of anilines is 2. The number of nitrogens with one attached hydrogen (secondary N) is 2. The van der Waals surface area contributed by atoms with Crippen molar-refractivity contribution in [2.45, 2.75) is 43.8 Å². The Morgan fingerprint density at radius 1 is 1.44 bits per heavy atom. The molecule has 0 aromatic carbocycles. The summed E-state index contributed by atoms with van der Waals surface area (Å²) >= 11 is 1.52. The Labute approximate surface area is 112 Å². The Kier molecular flexibility index (Phi) is 4.66. The van der Waals surface area contributed by atoms with Crippen molar-refractivity contribution in [1.82, 2.24) is 9.97 Å². The predicted octanol–water partition coefficient (Wildman–Crippen LogP) is 2.47. The molecule has 4 N–H and O–H groups in total. The maximum Gasteiger partial charge on any atom is 0.191 e. The topological polar surface area (TPSA) is 75.9 Å². The third kappa shape index (κ3) is 3.74. The summed E-state index contributed by atoms with van der Waals surface area (Å²) in [6.45, 7) is 2.21. The lowest BCUT2D eigenvalue weighted by Gasteiger charge is -2.18. The maximum absolute atomic E-state index is 5.42. The van der Waals surface area contributed by atoms with Crippen LogP contribution in [-0.4, -0.2) is 22.3 Å². The van der Waals surface area contributed by atoms with E-state index in [1.54, 1.807) is 0 Å². The number of nitrogens with zero attached hydrogens (tertiary/aromatic N) is 2. The average molecular weight is 267 g/mol. The monoisotopic (exact) mass is 267 g/mol. The van der Waals surface area contributed by atoms with E-state index in [1.807, 2.05) is 12.3 Å². The van der Waals surface area contributed by atoms with Crippen LogP contribution in [0.15, 0.2) is 11.2 Å². The van der Waals surface area contributed by atoms with Gasteiger partial charge in [0.05, 0.1) is 0 Å². The van der Waals surface area contributed by atoms with E-state index < -0.39 is 0 Å². The van der Waals surface area contributed by atoms with E-state index in [0.29, 0.717) is 11.9 Å². The fraction of sp³-hybridized carbons (Fsp3) is 0.667. The van der Waals surface area contributed by atoms with Crippen molar-refractivity contribution in [3.63, 3.8) is 0 Å². The number of nitrogen functional groups attached to an aromatic ring is 1. The summed E-state index contributed by atoms with van der Waals surface area (Å²) in [5.74, 6) is 7.84. The highest BCUT2D eigenvalue weighted by atomic mass is 32.2. The summed E-state index contributed by atoms with van der Waals surface area (Å²) < 4.78 is 0. The molecule has 1 aromatic heterocycles. The summed E-state index contributed by atoms with van der Waals surface area (Å²) in [5, 5.41) is 4.22. The van der Waals surface area contributed by atoms with Crippen molar-refractivity contribution in [2.75, 3.05) is 17.0 Å². The molecule has 1 aliphatic carbocycles. The van der Waals surface area contributed by atoms with E-state index >= 15 is 0 Å². The second kappa shape index (κ2) is 6.24. The Morgan fingerprint density at radius 3 is 2.72 bits per heavy atom. The van der Waals surface area contributed by atoms with Gasteiger partial charge in [-0.1, -0.05) is 31.5 Å². The molecule has 0 aliphatic heterocycles. The molecular weight excluding hydrogens is 246 g/mol. The van der Waals surface area contributed by atoms with Gasteiger partial charge in [-0.05, 0) is 25.0 Å². The van der Waals surface area contributed by atoms with Crippen LogP contribution in [0.2, 0.25) is 0 Å². The van der Waals surface area contributed by atoms with Crippen molar-refractivity contribution < 1.29 is 0 Å². The van der Waals surface area contributed by atoms with Crippen molar-refractivity contribution in [1.29, 1.82) is 0 Å². The molecule has 1 saturated carbocycles. The number of hydrogen-bond donors (Lipinski definition) is 3. The smallest absolute Gasteiger partial charge is 0.191 e. The highest BCUT2D eigenvalue weighted by molar-refractivity contribution is 7.98. The Morgan fingerprint density at radius 2 is 2.17 bits per heavy atom. The van der Waals surface area contributed by atoms with Crippen molar-refractivity contribution in [2.24, 2.45) is 11.8 Å². The quantitative estimate of drug-likeness (QED) is 0.305. The molecule has 2 rings (SSSR count). The van der Waals surface area contributed by atoms with Gasteiger partial charge in [-0.25, -0.2) is 15.8 Å². The second-order valence-electron chi connectivity index (χ2n) is 4.70. The van der Waals surface area contributed by atoms with Crippen LogP contribution in [0.4, 0.5) is 11.6 Å². The number of thioether (sulfide) groups is 1. The fourth-order valence-corrected chi connectivity index (χ4v) is 2.34. The molecule has 1 aliphatic rings. The number of hydrazine groups is 1. The van der Waals surface area contributed by atoms with Crippen LogP contribution in [-0.2, 0) is 0 Å². The zero-order chi connectivity index (χ0) is 13.0. The third-order valence-electron chi connectivity index (χ3n) is 3.20. The van der Waals surface area contributed by atoms with Gasteiger partial charge in [-0.3, -0.25) is 0 Å². The van der Waals surface area contributed by atoms with E-state index in [0.717, 1.165) is 23.3 Å². The highest BCUT2D eigenvalue weighted by Gasteiger charge is 2.24. The third-order valence-corrected chi connectivity index (χ3v) is 3.74. The number of nitrogens with two attached hydrogens (primary N) is 1. The van der Waals surface area contributed by atoms with Gasteiger partial charge >= 0.3 is 0 Å². The lowest BCUT2D eigenvalue weighted by molar-refractivity contribution is 0.584. The maximum atomic E-state index is 5.42. The average Bonchev–Trinajstić information content (AvgIpc) is 3.21. The summed E-state index contributed by atoms with van der Waals surface area (Å²) in [5.41, 5.74) is 2.58. The van der Waals surface area contributed by atoms with E-state index in [4.69, 9.17) is 5.84 Å². The van der Waals surface area contributed by atoms with Crippen LogP contribution in [0, 0.1) is 5.92 Å². The molecule has 0 radical (unpaired) electrons. The molecule has 1 atom stereocenters. The molecule has 100 valence electrons. The summed E-state index contributed by atoms with van der Waals surface area (Å²) in [6, 6.07) is 2.35. The van der Waals surface area contributed by atoms with Crippen LogP contribution in [0.5, 0.6) is 0 Å². The van der Waals surface area contributed by atoms with Crippen molar-refractivity contribution in [3.8, 4) is 0 Å². The van der Waals surface area contributed by atoms with Gasteiger partial charge in [0.1, 0.15) is 11.6 Å². The first-order valence-corrected chi connectivity index (χ1v) is 7.63. The SMILES string of the molecule is CCC(CC1CC1)Nc1cc(NN)nc(SC)n1. The van der Waals surface area contributed by atoms with Crippen LogP contribution < -0.4 is 16.6 Å². The minimum atomic E-state index is 0.493. The van der Waals surface area contributed by atoms with Crippen LogP contribution in [0.25, 0.3) is 0 Å². The van der Waals surface area contributed by atoms with Crippen LogP contribution in [0.1, 0.15) is 32.6 Å². The molecular formula is C12H21N5S. The van der Waals surface area contributed by atoms with Gasteiger partial charge in [0.15, 0.2) is 5.16 Å². The van der Waals surface area contributed by atoms with Crippen LogP contribution >= 0.6 is 11.8 Å². The largest absolute Gasteiger partial charge is 0.367 e. The minimum absolute atomic E-state index is 0.493. The molecule has 0 saturated heterocycles.